The lowest BCUT2D eigenvalue weighted by Crippen LogP contribution is -2.35. The van der Waals surface area contributed by atoms with E-state index in [9.17, 15) is 9.59 Å². The number of rotatable bonds is 1. The van der Waals surface area contributed by atoms with Crippen molar-refractivity contribution in [2.75, 3.05) is 7.11 Å². The molecule has 1 aliphatic rings. The van der Waals surface area contributed by atoms with Crippen LogP contribution in [0.1, 0.15) is 15.9 Å². The molecular formula is C11H9BrO4. The van der Waals surface area contributed by atoms with Gasteiger partial charge in [-0.15, -0.1) is 0 Å². The number of halogens is 1. The Hall–Kier alpha value is -1.36. The van der Waals surface area contributed by atoms with Gasteiger partial charge in [0.2, 0.25) is 6.10 Å². The molecule has 0 radical (unpaired) electrons. The number of ether oxygens (including phenoxy) is 2. The minimum Gasteiger partial charge on any atom is -0.466 e. The molecule has 1 aliphatic heterocycles. The zero-order valence-electron chi connectivity index (χ0n) is 8.53. The van der Waals surface area contributed by atoms with Gasteiger partial charge >= 0.3 is 11.9 Å². The molecule has 0 aromatic heterocycles. The maximum absolute atomic E-state index is 11.6. The fourth-order valence-electron chi connectivity index (χ4n) is 1.61. The smallest absolute Gasteiger partial charge is 0.347 e. The molecule has 1 atom stereocenters. The number of benzene rings is 1. The van der Waals surface area contributed by atoms with Gasteiger partial charge in [0.15, 0.2) is 0 Å². The first-order valence-electron chi connectivity index (χ1n) is 4.69. The lowest BCUT2D eigenvalue weighted by molar-refractivity contribution is -0.151. The Morgan fingerprint density at radius 2 is 2.31 bits per heavy atom. The van der Waals surface area contributed by atoms with Gasteiger partial charge in [-0.1, -0.05) is 22.0 Å². The van der Waals surface area contributed by atoms with Gasteiger partial charge in [0.25, 0.3) is 0 Å². The summed E-state index contributed by atoms with van der Waals surface area (Å²) in [5.41, 5.74) is 1.30. The average molecular weight is 285 g/mol. The third-order valence-electron chi connectivity index (χ3n) is 2.41. The van der Waals surface area contributed by atoms with Gasteiger partial charge in [0, 0.05) is 10.9 Å². The van der Waals surface area contributed by atoms with Crippen LogP contribution in [0.5, 0.6) is 0 Å². The third-order valence-corrected chi connectivity index (χ3v) is 2.90. The fraction of sp³-hybridized carbons (Fsp3) is 0.273. The summed E-state index contributed by atoms with van der Waals surface area (Å²) in [4.78, 5) is 22.9. The van der Waals surface area contributed by atoms with Crippen molar-refractivity contribution in [3.05, 3.63) is 33.8 Å². The van der Waals surface area contributed by atoms with Crippen molar-refractivity contribution in [1.82, 2.24) is 0 Å². The van der Waals surface area contributed by atoms with Crippen LogP contribution in [0.4, 0.5) is 0 Å². The van der Waals surface area contributed by atoms with E-state index >= 15 is 0 Å². The second kappa shape index (κ2) is 4.25. The van der Waals surface area contributed by atoms with Crippen molar-refractivity contribution in [2.24, 2.45) is 0 Å². The number of cyclic esters (lactones) is 1. The van der Waals surface area contributed by atoms with E-state index in [1.54, 1.807) is 12.1 Å². The van der Waals surface area contributed by atoms with E-state index in [2.05, 4.69) is 20.7 Å². The Kier molecular flexibility index (Phi) is 2.96. The van der Waals surface area contributed by atoms with Gasteiger partial charge in [-0.3, -0.25) is 0 Å². The Bertz CT molecular complexity index is 455. The third kappa shape index (κ3) is 1.95. The van der Waals surface area contributed by atoms with E-state index in [-0.39, 0.29) is 0 Å². The molecule has 2 rings (SSSR count). The van der Waals surface area contributed by atoms with E-state index in [0.717, 1.165) is 10.0 Å². The zero-order valence-corrected chi connectivity index (χ0v) is 10.1. The Labute approximate surface area is 101 Å². The fourth-order valence-corrected chi connectivity index (χ4v) is 1.97. The zero-order chi connectivity index (χ0) is 11.7. The van der Waals surface area contributed by atoms with E-state index in [1.807, 2.05) is 6.07 Å². The molecule has 0 N–H and O–H groups in total. The highest BCUT2D eigenvalue weighted by Crippen LogP contribution is 2.24. The first-order valence-corrected chi connectivity index (χ1v) is 5.48. The number of methoxy groups -OCH3 is 1. The van der Waals surface area contributed by atoms with Crippen LogP contribution >= 0.6 is 15.9 Å². The molecular weight excluding hydrogens is 276 g/mol. The topological polar surface area (TPSA) is 52.6 Å². The Balaban J connectivity index is 2.33. The second-order valence-corrected chi connectivity index (χ2v) is 4.34. The van der Waals surface area contributed by atoms with Crippen LogP contribution in [-0.2, 0) is 20.7 Å². The van der Waals surface area contributed by atoms with Crippen LogP contribution in [-0.4, -0.2) is 25.2 Å². The van der Waals surface area contributed by atoms with Crippen LogP contribution in [0.25, 0.3) is 0 Å². The molecule has 1 aromatic rings. The summed E-state index contributed by atoms with van der Waals surface area (Å²) in [7, 11) is 1.27. The van der Waals surface area contributed by atoms with Gasteiger partial charge in [0.05, 0.1) is 12.7 Å². The highest BCUT2D eigenvalue weighted by atomic mass is 79.9. The standard InChI is InChI=1S/C11H9BrO4/c1-15-11(14)9-4-6-2-3-7(12)5-8(6)10(13)16-9/h2-3,5,9H,4H2,1H3. The van der Waals surface area contributed by atoms with E-state index in [4.69, 9.17) is 4.74 Å². The lowest BCUT2D eigenvalue weighted by Gasteiger charge is -2.22. The molecule has 0 amide bonds. The summed E-state index contributed by atoms with van der Waals surface area (Å²) in [5.74, 6) is -1.01. The minimum absolute atomic E-state index is 0.362. The molecule has 4 nitrogen and oxygen atoms in total. The number of esters is 2. The van der Waals surface area contributed by atoms with E-state index < -0.39 is 18.0 Å². The Morgan fingerprint density at radius 1 is 1.56 bits per heavy atom. The molecule has 0 saturated carbocycles. The van der Waals surface area contributed by atoms with Gasteiger partial charge < -0.3 is 9.47 Å². The molecule has 5 heteroatoms. The van der Waals surface area contributed by atoms with Crippen molar-refractivity contribution in [2.45, 2.75) is 12.5 Å². The average Bonchev–Trinajstić information content (AvgIpc) is 2.28. The van der Waals surface area contributed by atoms with Gasteiger partial charge in [-0.25, -0.2) is 9.59 Å². The number of carbonyl (C=O) groups is 2. The van der Waals surface area contributed by atoms with Crippen molar-refractivity contribution in [3.8, 4) is 0 Å². The maximum atomic E-state index is 11.6. The second-order valence-electron chi connectivity index (χ2n) is 3.42. The van der Waals surface area contributed by atoms with Crippen LogP contribution in [0.2, 0.25) is 0 Å². The molecule has 84 valence electrons. The van der Waals surface area contributed by atoms with Gasteiger partial charge in [-0.2, -0.15) is 0 Å². The van der Waals surface area contributed by atoms with Crippen molar-refractivity contribution < 1.29 is 19.1 Å². The van der Waals surface area contributed by atoms with E-state index in [0.29, 0.717) is 12.0 Å². The van der Waals surface area contributed by atoms with Crippen molar-refractivity contribution in [3.63, 3.8) is 0 Å². The molecule has 0 fully saturated rings. The molecule has 0 spiro atoms. The van der Waals surface area contributed by atoms with Crippen LogP contribution in [0, 0.1) is 0 Å². The van der Waals surface area contributed by atoms with Crippen molar-refractivity contribution in [1.29, 1.82) is 0 Å². The molecule has 0 aliphatic carbocycles. The van der Waals surface area contributed by atoms with Crippen LogP contribution in [0.15, 0.2) is 22.7 Å². The number of hydrogen-bond donors (Lipinski definition) is 0. The molecule has 1 heterocycles. The predicted octanol–water partition coefficient (Wildman–Crippen LogP) is 1.70. The maximum Gasteiger partial charge on any atom is 0.347 e. The predicted molar refractivity (Wildman–Crippen MR) is 59.1 cm³/mol. The summed E-state index contributed by atoms with van der Waals surface area (Å²) >= 11 is 3.28. The van der Waals surface area contributed by atoms with Crippen LogP contribution < -0.4 is 0 Å². The monoisotopic (exact) mass is 284 g/mol. The minimum atomic E-state index is -0.828. The van der Waals surface area contributed by atoms with Crippen LogP contribution in [0.3, 0.4) is 0 Å². The summed E-state index contributed by atoms with van der Waals surface area (Å²) in [5, 5.41) is 0. The summed E-state index contributed by atoms with van der Waals surface area (Å²) in [6.45, 7) is 0. The summed E-state index contributed by atoms with van der Waals surface area (Å²) in [6, 6.07) is 5.31. The number of hydrogen-bond acceptors (Lipinski definition) is 4. The first-order chi connectivity index (χ1) is 7.61. The summed E-state index contributed by atoms with van der Waals surface area (Å²) in [6.07, 6.45) is -0.465. The van der Waals surface area contributed by atoms with Gasteiger partial charge in [-0.05, 0) is 17.7 Å². The SMILES string of the molecule is COC(=O)C1Cc2ccc(Br)cc2C(=O)O1. The largest absolute Gasteiger partial charge is 0.466 e. The van der Waals surface area contributed by atoms with E-state index in [1.165, 1.54) is 7.11 Å². The molecule has 1 unspecified atom stereocenters. The highest BCUT2D eigenvalue weighted by Gasteiger charge is 2.31. The summed E-state index contributed by atoms with van der Waals surface area (Å²) < 4.78 is 10.3. The van der Waals surface area contributed by atoms with Gasteiger partial charge in [0.1, 0.15) is 0 Å². The molecule has 1 aromatic carbocycles. The highest BCUT2D eigenvalue weighted by molar-refractivity contribution is 9.10. The quantitative estimate of drug-likeness (QED) is 0.737. The molecule has 0 bridgehead atoms. The molecule has 16 heavy (non-hydrogen) atoms. The van der Waals surface area contributed by atoms with Crippen molar-refractivity contribution >= 4 is 27.9 Å². The Morgan fingerprint density at radius 3 is 3.00 bits per heavy atom. The first kappa shape index (κ1) is 11.1. The normalized spacial score (nSPS) is 18.6. The number of carbonyl (C=O) groups excluding carboxylic acids is 2. The lowest BCUT2D eigenvalue weighted by atomic mass is 9.99. The number of fused-ring (bicyclic) bond motifs is 1. The molecule has 0 saturated heterocycles.